The lowest BCUT2D eigenvalue weighted by molar-refractivity contribution is 0.0243. The van der Waals surface area contributed by atoms with Crippen LogP contribution in [0.3, 0.4) is 0 Å². The lowest BCUT2D eigenvalue weighted by Gasteiger charge is -2.43. The van der Waals surface area contributed by atoms with E-state index in [4.69, 9.17) is 4.74 Å². The van der Waals surface area contributed by atoms with E-state index in [1.54, 1.807) is 0 Å². The maximum Gasteiger partial charge on any atom is 0.0594 e. The van der Waals surface area contributed by atoms with Gasteiger partial charge in [0.1, 0.15) is 0 Å². The molecular formula is C17H35N3O. The highest BCUT2D eigenvalue weighted by Gasteiger charge is 2.29. The Labute approximate surface area is 131 Å². The molecule has 1 N–H and O–H groups in total. The summed E-state index contributed by atoms with van der Waals surface area (Å²) in [7, 11) is 0. The van der Waals surface area contributed by atoms with Crippen LogP contribution in [-0.4, -0.2) is 74.4 Å². The summed E-state index contributed by atoms with van der Waals surface area (Å²) in [4.78, 5) is 5.30. The Hall–Kier alpha value is -0.160. The predicted octanol–water partition coefficient (Wildman–Crippen LogP) is 1.66. The SMILES string of the molecule is CC(C)CC1CNC(C(C)C)CN1CCN1CCOCC1. The Bertz CT molecular complexity index is 290. The van der Waals surface area contributed by atoms with Crippen molar-refractivity contribution in [3.8, 4) is 0 Å². The van der Waals surface area contributed by atoms with Crippen molar-refractivity contribution < 1.29 is 4.74 Å². The van der Waals surface area contributed by atoms with Crippen molar-refractivity contribution in [3.05, 3.63) is 0 Å². The molecule has 0 spiro atoms. The maximum atomic E-state index is 5.45. The van der Waals surface area contributed by atoms with Gasteiger partial charge in [0.15, 0.2) is 0 Å². The Morgan fingerprint density at radius 2 is 1.81 bits per heavy atom. The Morgan fingerprint density at radius 3 is 2.43 bits per heavy atom. The zero-order valence-electron chi connectivity index (χ0n) is 14.5. The molecule has 2 unspecified atom stereocenters. The van der Waals surface area contributed by atoms with E-state index in [0.717, 1.165) is 44.7 Å². The monoisotopic (exact) mass is 297 g/mol. The standard InChI is InChI=1S/C17H35N3O/c1-14(2)11-16-12-18-17(15(3)4)13-20(16)6-5-19-7-9-21-10-8-19/h14-18H,5-13H2,1-4H3. The van der Waals surface area contributed by atoms with Gasteiger partial charge in [-0.05, 0) is 18.3 Å². The molecule has 0 aliphatic carbocycles. The third kappa shape index (κ3) is 5.51. The van der Waals surface area contributed by atoms with Gasteiger partial charge in [-0.1, -0.05) is 27.7 Å². The average molecular weight is 297 g/mol. The van der Waals surface area contributed by atoms with E-state index in [-0.39, 0.29) is 0 Å². The number of morpholine rings is 1. The number of nitrogens with one attached hydrogen (secondary N) is 1. The van der Waals surface area contributed by atoms with Crippen molar-refractivity contribution in [2.45, 2.75) is 46.2 Å². The molecule has 2 rings (SSSR count). The second-order valence-electron chi connectivity index (χ2n) is 7.49. The summed E-state index contributed by atoms with van der Waals surface area (Å²) in [6, 6.07) is 1.36. The number of ether oxygens (including phenoxy) is 1. The summed E-state index contributed by atoms with van der Waals surface area (Å²) in [5.41, 5.74) is 0. The molecule has 21 heavy (non-hydrogen) atoms. The lowest BCUT2D eigenvalue weighted by atomic mass is 9.95. The fraction of sp³-hybridized carbons (Fsp3) is 1.00. The number of rotatable bonds is 6. The van der Waals surface area contributed by atoms with Gasteiger partial charge in [0, 0.05) is 51.4 Å². The fourth-order valence-corrected chi connectivity index (χ4v) is 3.47. The molecule has 0 radical (unpaired) electrons. The summed E-state index contributed by atoms with van der Waals surface area (Å²) in [6.45, 7) is 18.2. The Balaban J connectivity index is 1.85. The van der Waals surface area contributed by atoms with Crippen LogP contribution < -0.4 is 5.32 Å². The van der Waals surface area contributed by atoms with E-state index in [0.29, 0.717) is 12.1 Å². The number of hydrogen-bond acceptors (Lipinski definition) is 4. The number of piperazine rings is 1. The van der Waals surface area contributed by atoms with Gasteiger partial charge in [-0.15, -0.1) is 0 Å². The first-order valence-electron chi connectivity index (χ1n) is 8.83. The zero-order chi connectivity index (χ0) is 15.2. The molecule has 0 bridgehead atoms. The maximum absolute atomic E-state index is 5.45. The second-order valence-corrected chi connectivity index (χ2v) is 7.49. The molecular weight excluding hydrogens is 262 g/mol. The van der Waals surface area contributed by atoms with Crippen LogP contribution in [-0.2, 0) is 4.74 Å². The molecule has 2 aliphatic heterocycles. The van der Waals surface area contributed by atoms with Crippen molar-refractivity contribution in [2.75, 3.05) is 52.5 Å². The van der Waals surface area contributed by atoms with Crippen molar-refractivity contribution >= 4 is 0 Å². The van der Waals surface area contributed by atoms with Crippen LogP contribution in [0.2, 0.25) is 0 Å². The molecule has 0 amide bonds. The minimum atomic E-state index is 0.651. The fourth-order valence-electron chi connectivity index (χ4n) is 3.47. The molecule has 0 aromatic carbocycles. The van der Waals surface area contributed by atoms with Gasteiger partial charge in [-0.3, -0.25) is 9.80 Å². The summed E-state index contributed by atoms with van der Waals surface area (Å²) in [5.74, 6) is 1.49. The summed E-state index contributed by atoms with van der Waals surface area (Å²) in [5, 5.41) is 3.77. The molecule has 4 nitrogen and oxygen atoms in total. The largest absolute Gasteiger partial charge is 0.379 e. The molecule has 2 aliphatic rings. The van der Waals surface area contributed by atoms with Crippen LogP contribution in [0, 0.1) is 11.8 Å². The molecule has 4 heteroatoms. The van der Waals surface area contributed by atoms with Crippen molar-refractivity contribution in [2.24, 2.45) is 11.8 Å². The lowest BCUT2D eigenvalue weighted by Crippen LogP contribution is -2.59. The number of nitrogens with zero attached hydrogens (tertiary/aromatic N) is 2. The van der Waals surface area contributed by atoms with Crippen LogP contribution >= 0.6 is 0 Å². The summed E-state index contributed by atoms with van der Waals surface area (Å²) < 4.78 is 5.45. The quantitative estimate of drug-likeness (QED) is 0.807. The molecule has 0 aromatic rings. The minimum Gasteiger partial charge on any atom is -0.379 e. The molecule has 2 saturated heterocycles. The van der Waals surface area contributed by atoms with E-state index >= 15 is 0 Å². The molecule has 124 valence electrons. The second kappa shape index (κ2) is 8.47. The molecule has 0 aromatic heterocycles. The van der Waals surface area contributed by atoms with Crippen molar-refractivity contribution in [1.82, 2.24) is 15.1 Å². The molecule has 2 heterocycles. The highest BCUT2D eigenvalue weighted by Crippen LogP contribution is 2.18. The zero-order valence-corrected chi connectivity index (χ0v) is 14.5. The summed E-state index contributed by atoms with van der Waals surface area (Å²) >= 11 is 0. The minimum absolute atomic E-state index is 0.651. The first-order valence-corrected chi connectivity index (χ1v) is 8.83. The third-order valence-electron chi connectivity index (χ3n) is 4.92. The molecule has 0 saturated carbocycles. The normalized spacial score (nSPS) is 29.4. The van der Waals surface area contributed by atoms with E-state index in [1.165, 1.54) is 26.1 Å². The highest BCUT2D eigenvalue weighted by molar-refractivity contribution is 4.88. The van der Waals surface area contributed by atoms with Gasteiger partial charge >= 0.3 is 0 Å². The van der Waals surface area contributed by atoms with Gasteiger partial charge < -0.3 is 10.1 Å². The van der Waals surface area contributed by atoms with Crippen LogP contribution in [0.5, 0.6) is 0 Å². The highest BCUT2D eigenvalue weighted by atomic mass is 16.5. The Kier molecular flexibility index (Phi) is 6.93. The van der Waals surface area contributed by atoms with Crippen molar-refractivity contribution in [3.63, 3.8) is 0 Å². The van der Waals surface area contributed by atoms with Gasteiger partial charge in [0.2, 0.25) is 0 Å². The first kappa shape index (κ1) is 17.2. The van der Waals surface area contributed by atoms with Gasteiger partial charge in [0.25, 0.3) is 0 Å². The molecule has 2 fully saturated rings. The predicted molar refractivity (Wildman–Crippen MR) is 88.7 cm³/mol. The third-order valence-corrected chi connectivity index (χ3v) is 4.92. The summed E-state index contributed by atoms with van der Waals surface area (Å²) in [6.07, 6.45) is 1.31. The Morgan fingerprint density at radius 1 is 1.10 bits per heavy atom. The van der Waals surface area contributed by atoms with Crippen molar-refractivity contribution in [1.29, 1.82) is 0 Å². The smallest absolute Gasteiger partial charge is 0.0594 e. The topological polar surface area (TPSA) is 27.7 Å². The van der Waals surface area contributed by atoms with Gasteiger partial charge in [-0.25, -0.2) is 0 Å². The van der Waals surface area contributed by atoms with Gasteiger partial charge in [-0.2, -0.15) is 0 Å². The van der Waals surface area contributed by atoms with E-state index < -0.39 is 0 Å². The van der Waals surface area contributed by atoms with Crippen LogP contribution in [0.15, 0.2) is 0 Å². The van der Waals surface area contributed by atoms with Crippen LogP contribution in [0.1, 0.15) is 34.1 Å². The van der Waals surface area contributed by atoms with E-state index in [2.05, 4.69) is 42.8 Å². The molecule has 2 atom stereocenters. The number of hydrogen-bond donors (Lipinski definition) is 1. The van der Waals surface area contributed by atoms with Crippen LogP contribution in [0.4, 0.5) is 0 Å². The van der Waals surface area contributed by atoms with Crippen LogP contribution in [0.25, 0.3) is 0 Å². The van der Waals surface area contributed by atoms with E-state index in [1.807, 2.05) is 0 Å². The van der Waals surface area contributed by atoms with Gasteiger partial charge in [0.05, 0.1) is 13.2 Å². The average Bonchev–Trinajstić information content (AvgIpc) is 2.46. The van der Waals surface area contributed by atoms with E-state index in [9.17, 15) is 0 Å². The first-order chi connectivity index (χ1) is 10.1.